The lowest BCUT2D eigenvalue weighted by Crippen LogP contribution is -2.68. The Labute approximate surface area is 264 Å². The highest BCUT2D eigenvalue weighted by Crippen LogP contribution is 2.65. The van der Waals surface area contributed by atoms with Crippen molar-refractivity contribution in [2.24, 2.45) is 17.3 Å². The minimum atomic E-state index is -1.80. The van der Waals surface area contributed by atoms with Gasteiger partial charge in [-0.15, -0.1) is 0 Å². The zero-order valence-corrected chi connectivity index (χ0v) is 31.0. The fourth-order valence-corrected chi connectivity index (χ4v) is 19.4. The van der Waals surface area contributed by atoms with Crippen molar-refractivity contribution in [1.29, 1.82) is 0 Å². The molecule has 5 aliphatic rings. The minimum absolute atomic E-state index is 0.00864. The molecule has 5 fully saturated rings. The predicted octanol–water partition coefficient (Wildman–Crippen LogP) is 6.13. The van der Waals surface area contributed by atoms with Gasteiger partial charge in [0.15, 0.2) is 0 Å². The van der Waals surface area contributed by atoms with Gasteiger partial charge in [-0.2, -0.15) is 0 Å². The molecule has 1 N–H and O–H groups in total. The molecule has 10 heteroatoms. The second kappa shape index (κ2) is 11.4. The Kier molecular flexibility index (Phi) is 8.81. The van der Waals surface area contributed by atoms with Gasteiger partial charge in [-0.05, 0) is 69.8 Å². The lowest BCUT2D eigenvalue weighted by atomic mass is 9.45. The first-order valence-corrected chi connectivity index (χ1v) is 23.5. The molecular weight excluding hydrogens is 569 g/mol. The Hall–Kier alpha value is -1.01. The summed E-state index contributed by atoms with van der Waals surface area (Å²) in [5.41, 5.74) is 0.802. The maximum Gasteiger partial charge on any atom is 0.474 e. The highest BCUT2D eigenvalue weighted by atomic mass is 28.4. The third kappa shape index (κ3) is 6.76. The van der Waals surface area contributed by atoms with Gasteiger partial charge in [-0.1, -0.05) is 83.5 Å². The Morgan fingerprint density at radius 3 is 2.30 bits per heavy atom. The van der Waals surface area contributed by atoms with E-state index in [1.165, 1.54) is 12.0 Å². The predicted molar refractivity (Wildman–Crippen MR) is 180 cm³/mol. The zero-order chi connectivity index (χ0) is 31.8. The molecule has 0 aromatic heterocycles. The molecule has 7 nitrogen and oxygen atoms in total. The highest BCUT2D eigenvalue weighted by molar-refractivity contribution is 6.90. The van der Waals surface area contributed by atoms with Gasteiger partial charge in [0.2, 0.25) is 0 Å². The smallest absolute Gasteiger partial charge is 0.459 e. The van der Waals surface area contributed by atoms with Crippen molar-refractivity contribution < 1.29 is 18.8 Å². The van der Waals surface area contributed by atoms with Gasteiger partial charge < -0.3 is 18.3 Å². The van der Waals surface area contributed by atoms with Crippen molar-refractivity contribution in [3.8, 4) is 0 Å². The van der Waals surface area contributed by atoms with E-state index in [-0.39, 0.29) is 42.9 Å². The van der Waals surface area contributed by atoms with Crippen LogP contribution in [0, 0.1) is 17.3 Å². The molecule has 7 atom stereocenters. The fourth-order valence-electron chi connectivity index (χ4n) is 8.95. The van der Waals surface area contributed by atoms with Crippen molar-refractivity contribution in [2.75, 3.05) is 6.54 Å². The summed E-state index contributed by atoms with van der Waals surface area (Å²) >= 11 is 0. The summed E-state index contributed by atoms with van der Waals surface area (Å²) in [6, 6.07) is 10.2. The van der Waals surface area contributed by atoms with Crippen LogP contribution in [0.15, 0.2) is 30.3 Å². The third-order valence-corrected chi connectivity index (χ3v) is 18.1. The molecule has 2 heterocycles. The van der Waals surface area contributed by atoms with Crippen molar-refractivity contribution >= 4 is 29.6 Å². The molecule has 3 aliphatic carbocycles. The molecule has 0 radical (unpaired) electrons. The van der Waals surface area contributed by atoms with E-state index in [1.54, 1.807) is 0 Å². The Morgan fingerprint density at radius 2 is 1.74 bits per heavy atom. The van der Waals surface area contributed by atoms with Crippen LogP contribution in [-0.2, 0) is 25.4 Å². The van der Waals surface area contributed by atoms with E-state index in [0.29, 0.717) is 23.8 Å². The quantitative estimate of drug-likeness (QED) is 0.261. The first kappa shape index (κ1) is 33.4. The van der Waals surface area contributed by atoms with Gasteiger partial charge in [-0.3, -0.25) is 15.0 Å². The summed E-state index contributed by atoms with van der Waals surface area (Å²) in [5.74, 6) is 1.17. The van der Waals surface area contributed by atoms with Crippen molar-refractivity contribution in [3.63, 3.8) is 0 Å². The van der Waals surface area contributed by atoms with Gasteiger partial charge in [-0.25, -0.2) is 0 Å². The maximum absolute atomic E-state index is 13.4. The summed E-state index contributed by atoms with van der Waals surface area (Å²) in [5, 5.41) is 3.74. The lowest BCUT2D eigenvalue weighted by molar-refractivity contribution is -0.185. The Balaban J connectivity index is 1.47. The summed E-state index contributed by atoms with van der Waals surface area (Å²) in [6.07, 6.45) is 3.28. The minimum Gasteiger partial charge on any atom is -0.459 e. The SMILES string of the molecule is CC(C)(C)OC(=O)C1CN(Cc2ccccc2)C(C[C@@H](B2OC3[C@@H]4C[C@H](C[C@]3(C)O2)C4(C)C)N([Si](C)(C)C)[Si](C)(C)C)N1. The van der Waals surface area contributed by atoms with Crippen LogP contribution in [0.25, 0.3) is 0 Å². The maximum atomic E-state index is 13.4. The van der Waals surface area contributed by atoms with E-state index >= 15 is 0 Å². The summed E-state index contributed by atoms with van der Waals surface area (Å²) < 4.78 is 23.0. The molecule has 0 spiro atoms. The molecule has 2 saturated heterocycles. The fraction of sp³-hybridized carbons (Fsp3) is 0.788. The molecule has 0 amide bonds. The molecular formula is C33H58BN3O4Si2. The van der Waals surface area contributed by atoms with Gasteiger partial charge in [0.1, 0.15) is 28.1 Å². The van der Waals surface area contributed by atoms with E-state index in [1.807, 2.05) is 20.8 Å². The number of esters is 1. The standard InChI is InChI=1S/C33H58BN3O4Si2/c1-31(2,3)39-30(38)26-22-36(21-23-16-14-13-15-17-23)28(35-26)19-27(37(42(7,8)9)43(10,11)12)34-40-29-25-18-24(32(25,4)5)20-33(29,6)41-34/h13-17,24-29,35H,18-22H2,1-12H3/t24-,25+,26?,27+,28?,29?,33+/m1/s1. The normalized spacial score (nSPS) is 33.3. The van der Waals surface area contributed by atoms with Crippen molar-refractivity contribution in [1.82, 2.24) is 14.4 Å². The zero-order valence-electron chi connectivity index (χ0n) is 29.0. The highest BCUT2D eigenvalue weighted by Gasteiger charge is 2.68. The largest absolute Gasteiger partial charge is 0.474 e. The average Bonchev–Trinajstić information content (AvgIpc) is 3.41. The third-order valence-electron chi connectivity index (χ3n) is 10.6. The van der Waals surface area contributed by atoms with Crippen LogP contribution in [0.2, 0.25) is 39.3 Å². The van der Waals surface area contributed by atoms with Crippen LogP contribution in [0.5, 0.6) is 0 Å². The van der Waals surface area contributed by atoms with Crippen LogP contribution in [0.1, 0.15) is 66.4 Å². The van der Waals surface area contributed by atoms with E-state index in [2.05, 4.69) is 105 Å². The molecule has 43 heavy (non-hydrogen) atoms. The number of rotatable bonds is 9. The topological polar surface area (TPSA) is 63.3 Å². The number of nitrogens with one attached hydrogen (secondary N) is 1. The second-order valence-corrected chi connectivity index (χ2v) is 27.7. The second-order valence-electron chi connectivity index (χ2n) is 17.6. The van der Waals surface area contributed by atoms with E-state index in [9.17, 15) is 4.79 Å². The first-order chi connectivity index (χ1) is 19.7. The summed E-state index contributed by atoms with van der Waals surface area (Å²) in [4.78, 5) is 15.8. The number of carbonyl (C=O) groups is 1. The average molecular weight is 628 g/mol. The first-order valence-electron chi connectivity index (χ1n) is 16.6. The van der Waals surface area contributed by atoms with E-state index in [4.69, 9.17) is 14.0 Å². The number of carbonyl (C=O) groups excluding carboxylic acids is 1. The number of ether oxygens (including phenoxy) is 1. The van der Waals surface area contributed by atoms with Gasteiger partial charge in [0, 0.05) is 19.0 Å². The molecule has 1 aromatic carbocycles. The summed E-state index contributed by atoms with van der Waals surface area (Å²) in [7, 11) is -3.89. The molecule has 3 unspecified atom stereocenters. The number of hydrogen-bond donors (Lipinski definition) is 1. The van der Waals surface area contributed by atoms with E-state index in [0.717, 1.165) is 19.4 Å². The van der Waals surface area contributed by atoms with Crippen LogP contribution in [0.3, 0.4) is 0 Å². The van der Waals surface area contributed by atoms with Gasteiger partial charge in [0.05, 0.1) is 17.9 Å². The van der Waals surface area contributed by atoms with Gasteiger partial charge in [0.25, 0.3) is 0 Å². The molecule has 2 aliphatic heterocycles. The Bertz CT molecular complexity index is 1150. The van der Waals surface area contributed by atoms with Crippen molar-refractivity contribution in [2.45, 2.75) is 142 Å². The van der Waals surface area contributed by atoms with E-state index < -0.39 is 22.1 Å². The Morgan fingerprint density at radius 1 is 1.12 bits per heavy atom. The van der Waals surface area contributed by atoms with Crippen LogP contribution in [-0.4, -0.2) is 80.7 Å². The number of nitrogens with zero attached hydrogens (tertiary/aromatic N) is 2. The van der Waals surface area contributed by atoms with Crippen LogP contribution in [0.4, 0.5) is 0 Å². The summed E-state index contributed by atoms with van der Waals surface area (Å²) in [6.45, 7) is 29.2. The number of hydrogen-bond acceptors (Lipinski definition) is 7. The monoisotopic (exact) mass is 627 g/mol. The van der Waals surface area contributed by atoms with Gasteiger partial charge >= 0.3 is 13.1 Å². The number of benzene rings is 1. The molecule has 2 bridgehead atoms. The van der Waals surface area contributed by atoms with Crippen molar-refractivity contribution in [3.05, 3.63) is 35.9 Å². The van der Waals surface area contributed by atoms with Crippen LogP contribution < -0.4 is 5.32 Å². The molecule has 3 saturated carbocycles. The van der Waals surface area contributed by atoms with Crippen LogP contribution >= 0.6 is 0 Å². The molecule has 6 rings (SSSR count). The lowest BCUT2D eigenvalue weighted by Gasteiger charge is -2.63. The molecule has 1 aromatic rings. The molecule has 240 valence electrons.